The van der Waals surface area contributed by atoms with Crippen LogP contribution in [0.5, 0.6) is 0 Å². The van der Waals surface area contributed by atoms with Gasteiger partial charge in [0, 0.05) is 18.0 Å². The maximum absolute atomic E-state index is 11.4. The van der Waals surface area contributed by atoms with Crippen molar-refractivity contribution in [2.45, 2.75) is 13.0 Å². The molecule has 1 aromatic rings. The summed E-state index contributed by atoms with van der Waals surface area (Å²) in [4.78, 5) is 15.5. The van der Waals surface area contributed by atoms with Crippen LogP contribution in [0.3, 0.4) is 0 Å². The summed E-state index contributed by atoms with van der Waals surface area (Å²) < 4.78 is 0. The van der Waals surface area contributed by atoms with Gasteiger partial charge in [-0.15, -0.1) is 11.3 Å². The van der Waals surface area contributed by atoms with Crippen molar-refractivity contribution in [3.63, 3.8) is 0 Å². The molecule has 0 aliphatic carbocycles. The lowest BCUT2D eigenvalue weighted by Crippen LogP contribution is -2.44. The molecule has 0 spiro atoms. The van der Waals surface area contributed by atoms with Gasteiger partial charge in [-0.05, 0) is 19.0 Å². The van der Waals surface area contributed by atoms with Crippen molar-refractivity contribution in [1.29, 1.82) is 0 Å². The third-order valence-corrected chi connectivity index (χ3v) is 3.04. The minimum Gasteiger partial charge on any atom is -0.350 e. The highest BCUT2D eigenvalue weighted by molar-refractivity contribution is 7.09. The Morgan fingerprint density at radius 3 is 3.14 bits per heavy atom. The van der Waals surface area contributed by atoms with Gasteiger partial charge in [0.2, 0.25) is 5.91 Å². The van der Waals surface area contributed by atoms with Crippen LogP contribution in [0.25, 0.3) is 0 Å². The number of nitrogens with zero attached hydrogens (tertiary/aromatic N) is 1. The zero-order chi connectivity index (χ0) is 9.80. The zero-order valence-corrected chi connectivity index (χ0v) is 8.64. The number of amides is 1. The molecule has 14 heavy (non-hydrogen) atoms. The van der Waals surface area contributed by atoms with Crippen molar-refractivity contribution >= 4 is 17.2 Å². The number of rotatable bonds is 4. The van der Waals surface area contributed by atoms with Gasteiger partial charge in [0.05, 0.1) is 6.54 Å². The first-order chi connectivity index (χ1) is 6.84. The zero-order valence-electron chi connectivity index (χ0n) is 7.82. The van der Waals surface area contributed by atoms with Gasteiger partial charge in [0.25, 0.3) is 0 Å². The first-order valence-corrected chi connectivity index (χ1v) is 5.58. The van der Waals surface area contributed by atoms with Gasteiger partial charge in [-0.3, -0.25) is 4.79 Å². The normalized spacial score (nSPS) is 16.3. The lowest BCUT2D eigenvalue weighted by atomic mass is 9.99. The average molecular weight is 211 g/mol. The lowest BCUT2D eigenvalue weighted by molar-refractivity contribution is -0.122. The summed E-state index contributed by atoms with van der Waals surface area (Å²) in [6, 6.07) is 0. The molecular formula is C9H13N3OS. The van der Waals surface area contributed by atoms with Crippen molar-refractivity contribution in [3.05, 3.63) is 16.6 Å². The first-order valence-electron chi connectivity index (χ1n) is 4.70. The number of carbonyl (C=O) groups excluding carboxylic acids is 1. The summed E-state index contributed by atoms with van der Waals surface area (Å²) in [7, 11) is 0. The predicted molar refractivity (Wildman–Crippen MR) is 54.9 cm³/mol. The highest BCUT2D eigenvalue weighted by atomic mass is 32.1. The van der Waals surface area contributed by atoms with Gasteiger partial charge in [-0.1, -0.05) is 0 Å². The number of aromatic nitrogens is 1. The number of thiazole rings is 1. The number of carbonyl (C=O) groups is 1. The van der Waals surface area contributed by atoms with Crippen molar-refractivity contribution in [3.8, 4) is 0 Å². The van der Waals surface area contributed by atoms with E-state index in [4.69, 9.17) is 0 Å². The Morgan fingerprint density at radius 2 is 2.57 bits per heavy atom. The fourth-order valence-electron chi connectivity index (χ4n) is 1.34. The molecule has 5 heteroatoms. The van der Waals surface area contributed by atoms with E-state index in [1.54, 1.807) is 17.5 Å². The largest absolute Gasteiger partial charge is 0.350 e. The fraction of sp³-hybridized carbons (Fsp3) is 0.556. The summed E-state index contributed by atoms with van der Waals surface area (Å²) in [6.45, 7) is 2.52. The Morgan fingerprint density at radius 1 is 1.71 bits per heavy atom. The van der Waals surface area contributed by atoms with Crippen LogP contribution < -0.4 is 10.6 Å². The molecular weight excluding hydrogens is 198 g/mol. The predicted octanol–water partition coefficient (Wildman–Crippen LogP) is 0.369. The molecule has 0 unspecified atom stereocenters. The second kappa shape index (κ2) is 4.52. The Balaban J connectivity index is 1.67. The van der Waals surface area contributed by atoms with Crippen LogP contribution in [0.15, 0.2) is 11.6 Å². The topological polar surface area (TPSA) is 54.0 Å². The molecule has 1 fully saturated rings. The molecule has 0 atom stereocenters. The number of hydrogen-bond acceptors (Lipinski definition) is 4. The molecule has 2 N–H and O–H groups in total. The molecule has 1 aromatic heterocycles. The molecule has 0 saturated carbocycles. The summed E-state index contributed by atoms with van der Waals surface area (Å²) in [5.74, 6) is 0.665. The molecule has 76 valence electrons. The molecule has 4 nitrogen and oxygen atoms in total. The number of hydrogen-bond donors (Lipinski definition) is 2. The van der Waals surface area contributed by atoms with Crippen LogP contribution in [0, 0.1) is 5.92 Å². The quantitative estimate of drug-likeness (QED) is 0.756. The molecule has 0 aromatic carbocycles. The van der Waals surface area contributed by atoms with Gasteiger partial charge in [-0.2, -0.15) is 0 Å². The Kier molecular flexibility index (Phi) is 3.10. The molecule has 1 amide bonds. The van der Waals surface area contributed by atoms with E-state index in [1.165, 1.54) is 0 Å². The van der Waals surface area contributed by atoms with Crippen molar-refractivity contribution < 1.29 is 4.79 Å². The first kappa shape index (κ1) is 9.61. The summed E-state index contributed by atoms with van der Waals surface area (Å²) >= 11 is 1.57. The highest BCUT2D eigenvalue weighted by Crippen LogP contribution is 2.08. The van der Waals surface area contributed by atoms with Gasteiger partial charge >= 0.3 is 0 Å². The van der Waals surface area contributed by atoms with Crippen LogP contribution in [0.4, 0.5) is 0 Å². The van der Waals surface area contributed by atoms with Crippen LogP contribution in [-0.4, -0.2) is 24.0 Å². The Bertz CT molecular complexity index is 295. The van der Waals surface area contributed by atoms with E-state index in [9.17, 15) is 4.79 Å². The van der Waals surface area contributed by atoms with Crippen molar-refractivity contribution in [2.24, 2.45) is 5.92 Å². The summed E-state index contributed by atoms with van der Waals surface area (Å²) in [6.07, 6.45) is 2.39. The van der Waals surface area contributed by atoms with E-state index in [0.717, 1.165) is 18.1 Å². The van der Waals surface area contributed by atoms with E-state index in [0.29, 0.717) is 18.9 Å². The fourth-order valence-corrected chi connectivity index (χ4v) is 1.90. The molecule has 1 aliphatic heterocycles. The molecule has 0 bridgehead atoms. The standard InChI is InChI=1S/C9H13N3OS/c13-8(3-7-4-10-5-7)12-6-9-11-1-2-14-9/h1-2,7,10H,3-6H2,(H,12,13). The lowest BCUT2D eigenvalue weighted by Gasteiger charge is -2.26. The summed E-state index contributed by atoms with van der Waals surface area (Å²) in [5.41, 5.74) is 0. The van der Waals surface area contributed by atoms with E-state index in [-0.39, 0.29) is 5.91 Å². The minimum absolute atomic E-state index is 0.131. The maximum Gasteiger partial charge on any atom is 0.220 e. The van der Waals surface area contributed by atoms with Crippen molar-refractivity contribution in [2.75, 3.05) is 13.1 Å². The molecule has 1 aliphatic rings. The average Bonchev–Trinajstić information content (AvgIpc) is 2.60. The van der Waals surface area contributed by atoms with E-state index < -0.39 is 0 Å². The molecule has 2 heterocycles. The SMILES string of the molecule is O=C(CC1CNC1)NCc1nccs1. The molecule has 1 saturated heterocycles. The van der Waals surface area contributed by atoms with E-state index >= 15 is 0 Å². The van der Waals surface area contributed by atoms with Crippen LogP contribution in [0.2, 0.25) is 0 Å². The Labute approximate surface area is 86.7 Å². The minimum atomic E-state index is 0.131. The van der Waals surface area contributed by atoms with Crippen molar-refractivity contribution in [1.82, 2.24) is 15.6 Å². The second-order valence-electron chi connectivity index (χ2n) is 3.43. The number of nitrogens with one attached hydrogen (secondary N) is 2. The third-order valence-electron chi connectivity index (χ3n) is 2.26. The summed E-state index contributed by atoms with van der Waals surface area (Å²) in [5, 5.41) is 8.89. The maximum atomic E-state index is 11.4. The molecule has 2 rings (SSSR count). The highest BCUT2D eigenvalue weighted by Gasteiger charge is 2.19. The van der Waals surface area contributed by atoms with Gasteiger partial charge in [0.15, 0.2) is 0 Å². The second-order valence-corrected chi connectivity index (χ2v) is 4.41. The third kappa shape index (κ3) is 2.52. The molecule has 0 radical (unpaired) electrons. The Hall–Kier alpha value is -0.940. The van der Waals surface area contributed by atoms with E-state index in [1.807, 2.05) is 5.38 Å². The van der Waals surface area contributed by atoms with Gasteiger partial charge in [0.1, 0.15) is 5.01 Å². The van der Waals surface area contributed by atoms with Crippen LogP contribution in [0.1, 0.15) is 11.4 Å². The van der Waals surface area contributed by atoms with Gasteiger partial charge < -0.3 is 10.6 Å². The smallest absolute Gasteiger partial charge is 0.220 e. The van der Waals surface area contributed by atoms with Crippen LogP contribution in [-0.2, 0) is 11.3 Å². The monoisotopic (exact) mass is 211 g/mol. The van der Waals surface area contributed by atoms with Crippen LogP contribution >= 0.6 is 11.3 Å². The van der Waals surface area contributed by atoms with Gasteiger partial charge in [-0.25, -0.2) is 4.98 Å². The van der Waals surface area contributed by atoms with E-state index in [2.05, 4.69) is 15.6 Å².